The Morgan fingerprint density at radius 1 is 1.24 bits per heavy atom. The summed E-state index contributed by atoms with van der Waals surface area (Å²) in [5.74, 6) is -0.299. The molecular formula is C14H12F3N3O. The number of nitrogens with two attached hydrogens (primary N) is 1. The number of nitrogens with one attached hydrogen (secondary N) is 1. The van der Waals surface area contributed by atoms with Crippen LogP contribution in [0.1, 0.15) is 21.5 Å². The van der Waals surface area contributed by atoms with Crippen molar-refractivity contribution in [2.45, 2.75) is 13.1 Å². The zero-order chi connectivity index (χ0) is 15.6. The van der Waals surface area contributed by atoms with Crippen LogP contribution < -0.4 is 11.1 Å². The molecule has 7 heteroatoms. The van der Waals surface area contributed by atoms with Gasteiger partial charge in [-0.2, -0.15) is 13.2 Å². The fraction of sp³-hybridized carbons (Fsp3) is 0.143. The van der Waals surface area contributed by atoms with Gasteiger partial charge in [-0.15, -0.1) is 0 Å². The van der Waals surface area contributed by atoms with Gasteiger partial charge in [-0.1, -0.05) is 6.07 Å². The van der Waals surface area contributed by atoms with E-state index in [2.05, 4.69) is 10.3 Å². The van der Waals surface area contributed by atoms with E-state index in [1.807, 2.05) is 0 Å². The van der Waals surface area contributed by atoms with Gasteiger partial charge in [0.2, 0.25) is 0 Å². The second-order valence-corrected chi connectivity index (χ2v) is 4.45. The lowest BCUT2D eigenvalue weighted by Crippen LogP contribution is -2.14. The van der Waals surface area contributed by atoms with Gasteiger partial charge in [-0.25, -0.2) is 4.98 Å². The highest BCUT2D eigenvalue weighted by molar-refractivity contribution is 6.04. The molecular weight excluding hydrogens is 283 g/mol. The first-order valence-electron chi connectivity index (χ1n) is 5.98. The highest BCUT2D eigenvalue weighted by Gasteiger charge is 2.30. The predicted molar refractivity (Wildman–Crippen MR) is 72.8 cm³/mol. The van der Waals surface area contributed by atoms with Crippen molar-refractivity contribution in [2.75, 3.05) is 11.1 Å². The number of carbonyl (C=O) groups is 1. The summed E-state index contributed by atoms with van der Waals surface area (Å²) in [5.41, 5.74) is 5.42. The van der Waals surface area contributed by atoms with Crippen LogP contribution in [0.3, 0.4) is 0 Å². The summed E-state index contributed by atoms with van der Waals surface area (Å²) < 4.78 is 38.0. The molecule has 0 aliphatic carbocycles. The Kier molecular flexibility index (Phi) is 3.84. The molecule has 0 unspecified atom stereocenters. The number of nitrogens with zero attached hydrogens (tertiary/aromatic N) is 1. The molecule has 21 heavy (non-hydrogen) atoms. The van der Waals surface area contributed by atoms with Crippen LogP contribution in [0.4, 0.5) is 24.7 Å². The first-order valence-corrected chi connectivity index (χ1v) is 5.98. The number of hydrogen-bond donors (Lipinski definition) is 2. The van der Waals surface area contributed by atoms with Gasteiger partial charge in [0.25, 0.3) is 5.91 Å². The average Bonchev–Trinajstić information content (AvgIpc) is 2.40. The Bertz CT molecular complexity index is 666. The minimum atomic E-state index is -4.46. The monoisotopic (exact) mass is 295 g/mol. The van der Waals surface area contributed by atoms with Crippen molar-refractivity contribution in [1.82, 2.24) is 4.98 Å². The van der Waals surface area contributed by atoms with E-state index >= 15 is 0 Å². The number of anilines is 2. The Morgan fingerprint density at radius 3 is 2.52 bits per heavy atom. The molecule has 0 atom stereocenters. The molecule has 0 fully saturated rings. The first kappa shape index (κ1) is 14.8. The molecule has 2 aromatic rings. The second-order valence-electron chi connectivity index (χ2n) is 4.45. The molecule has 3 N–H and O–H groups in total. The minimum Gasteiger partial charge on any atom is -0.384 e. The van der Waals surface area contributed by atoms with Gasteiger partial charge in [0.15, 0.2) is 0 Å². The molecule has 0 radical (unpaired) electrons. The van der Waals surface area contributed by atoms with E-state index in [4.69, 9.17) is 5.73 Å². The quantitative estimate of drug-likeness (QED) is 0.893. The third-order valence-corrected chi connectivity index (χ3v) is 2.86. The molecule has 110 valence electrons. The molecule has 1 heterocycles. The zero-order valence-corrected chi connectivity index (χ0v) is 11.0. The van der Waals surface area contributed by atoms with Gasteiger partial charge >= 0.3 is 6.18 Å². The molecule has 1 aromatic heterocycles. The van der Waals surface area contributed by atoms with Gasteiger partial charge in [-0.3, -0.25) is 4.79 Å². The second kappa shape index (κ2) is 5.43. The number of benzene rings is 1. The highest BCUT2D eigenvalue weighted by Crippen LogP contribution is 2.32. The number of pyridine rings is 1. The Balaban J connectivity index is 2.26. The molecule has 2 rings (SSSR count). The van der Waals surface area contributed by atoms with Crippen molar-refractivity contribution >= 4 is 17.4 Å². The van der Waals surface area contributed by atoms with E-state index in [1.165, 1.54) is 24.4 Å². The summed E-state index contributed by atoms with van der Waals surface area (Å²) in [6.07, 6.45) is -3.20. The standard InChI is InChI=1S/C14H12F3N3O/c1-8-2-4-10(14(15,16)17)6-11(8)20-13(21)9-3-5-12(18)19-7-9/h2-7H,1H3,(H2,18,19)(H,20,21). The molecule has 0 aliphatic heterocycles. The van der Waals surface area contributed by atoms with Crippen molar-refractivity contribution in [3.05, 3.63) is 53.2 Å². The van der Waals surface area contributed by atoms with Crippen molar-refractivity contribution in [3.8, 4) is 0 Å². The van der Waals surface area contributed by atoms with Crippen LogP contribution >= 0.6 is 0 Å². The molecule has 0 bridgehead atoms. The predicted octanol–water partition coefficient (Wildman–Crippen LogP) is 3.24. The van der Waals surface area contributed by atoms with Crippen LogP contribution in [0.25, 0.3) is 0 Å². The van der Waals surface area contributed by atoms with Crippen molar-refractivity contribution in [2.24, 2.45) is 0 Å². The zero-order valence-electron chi connectivity index (χ0n) is 11.0. The fourth-order valence-corrected chi connectivity index (χ4v) is 1.67. The van der Waals surface area contributed by atoms with Gasteiger partial charge < -0.3 is 11.1 Å². The molecule has 4 nitrogen and oxygen atoms in total. The Morgan fingerprint density at radius 2 is 1.95 bits per heavy atom. The summed E-state index contributed by atoms with van der Waals surface area (Å²) in [5, 5.41) is 2.44. The molecule has 0 saturated heterocycles. The number of aromatic nitrogens is 1. The third kappa shape index (κ3) is 3.50. The van der Waals surface area contributed by atoms with E-state index in [-0.39, 0.29) is 17.1 Å². The van der Waals surface area contributed by atoms with E-state index in [0.29, 0.717) is 5.56 Å². The van der Waals surface area contributed by atoms with Gasteiger partial charge in [0, 0.05) is 11.9 Å². The van der Waals surface area contributed by atoms with Crippen molar-refractivity contribution in [1.29, 1.82) is 0 Å². The van der Waals surface area contributed by atoms with Gasteiger partial charge in [-0.05, 0) is 36.8 Å². The minimum absolute atomic E-state index is 0.103. The lowest BCUT2D eigenvalue weighted by atomic mass is 10.1. The normalized spacial score (nSPS) is 11.2. The van der Waals surface area contributed by atoms with Crippen molar-refractivity contribution < 1.29 is 18.0 Å². The summed E-state index contributed by atoms with van der Waals surface area (Å²) in [7, 11) is 0. The number of hydrogen-bond acceptors (Lipinski definition) is 3. The number of halogens is 3. The maximum atomic E-state index is 12.7. The van der Waals surface area contributed by atoms with E-state index in [0.717, 1.165) is 12.1 Å². The summed E-state index contributed by atoms with van der Waals surface area (Å²) in [6, 6.07) is 6.06. The van der Waals surface area contributed by atoms with Crippen LogP contribution in [-0.2, 0) is 6.18 Å². The highest BCUT2D eigenvalue weighted by atomic mass is 19.4. The molecule has 1 amide bonds. The third-order valence-electron chi connectivity index (χ3n) is 2.86. The lowest BCUT2D eigenvalue weighted by molar-refractivity contribution is -0.137. The first-order chi connectivity index (χ1) is 9.77. The SMILES string of the molecule is Cc1ccc(C(F)(F)F)cc1NC(=O)c1ccc(N)nc1. The van der Waals surface area contributed by atoms with E-state index in [1.54, 1.807) is 6.92 Å². The summed E-state index contributed by atoms with van der Waals surface area (Å²) in [6.45, 7) is 1.61. The molecule has 0 saturated carbocycles. The lowest BCUT2D eigenvalue weighted by Gasteiger charge is -2.12. The topological polar surface area (TPSA) is 68.0 Å². The van der Waals surface area contributed by atoms with Crippen LogP contribution in [0, 0.1) is 6.92 Å². The summed E-state index contributed by atoms with van der Waals surface area (Å²) >= 11 is 0. The number of alkyl halides is 3. The van der Waals surface area contributed by atoms with E-state index < -0.39 is 17.6 Å². The number of nitrogen functional groups attached to an aromatic ring is 1. The van der Waals surface area contributed by atoms with Crippen LogP contribution in [0.2, 0.25) is 0 Å². The average molecular weight is 295 g/mol. The number of amides is 1. The maximum absolute atomic E-state index is 12.7. The largest absolute Gasteiger partial charge is 0.416 e. The van der Waals surface area contributed by atoms with Crippen molar-refractivity contribution in [3.63, 3.8) is 0 Å². The Hall–Kier alpha value is -2.57. The smallest absolute Gasteiger partial charge is 0.384 e. The summed E-state index contributed by atoms with van der Waals surface area (Å²) in [4.78, 5) is 15.7. The molecule has 0 aliphatic rings. The van der Waals surface area contributed by atoms with Gasteiger partial charge in [0.1, 0.15) is 5.82 Å². The molecule has 0 spiro atoms. The number of carbonyl (C=O) groups excluding carboxylic acids is 1. The van der Waals surface area contributed by atoms with Crippen LogP contribution in [-0.4, -0.2) is 10.9 Å². The van der Waals surface area contributed by atoms with E-state index in [9.17, 15) is 18.0 Å². The Labute approximate surface area is 118 Å². The number of rotatable bonds is 2. The number of aryl methyl sites for hydroxylation is 1. The fourth-order valence-electron chi connectivity index (χ4n) is 1.67. The van der Waals surface area contributed by atoms with Crippen LogP contribution in [0.15, 0.2) is 36.5 Å². The van der Waals surface area contributed by atoms with Crippen LogP contribution in [0.5, 0.6) is 0 Å². The maximum Gasteiger partial charge on any atom is 0.416 e. The molecule has 1 aromatic carbocycles. The van der Waals surface area contributed by atoms with Gasteiger partial charge in [0.05, 0.1) is 11.1 Å².